The molecule has 2 aliphatic carbocycles. The van der Waals surface area contributed by atoms with Crippen molar-refractivity contribution < 1.29 is 0 Å². The summed E-state index contributed by atoms with van der Waals surface area (Å²) in [5.74, 6) is 0. The van der Waals surface area contributed by atoms with Crippen molar-refractivity contribution in [3.8, 4) is 22.3 Å². The van der Waals surface area contributed by atoms with Crippen LogP contribution in [-0.4, -0.2) is 0 Å². The van der Waals surface area contributed by atoms with Crippen LogP contribution in [0.25, 0.3) is 22.3 Å². The van der Waals surface area contributed by atoms with Gasteiger partial charge in [0.05, 0.1) is 11.5 Å². The normalized spacial score (nSPS) is 15.8. The van der Waals surface area contributed by atoms with Crippen molar-refractivity contribution in [2.45, 2.75) is 30.7 Å². The molecule has 1 spiro atoms. The number of nitrogens with two attached hydrogens (primary N) is 1. The van der Waals surface area contributed by atoms with Crippen LogP contribution < -0.4 is 5.73 Å². The van der Waals surface area contributed by atoms with Crippen LogP contribution in [0.4, 0.5) is 0 Å². The summed E-state index contributed by atoms with van der Waals surface area (Å²) < 4.78 is 0. The van der Waals surface area contributed by atoms with Crippen LogP contribution in [0.2, 0.25) is 0 Å². The monoisotopic (exact) mass is 539 g/mol. The lowest BCUT2D eigenvalue weighted by molar-refractivity contribution is 0.563. The fourth-order valence-corrected chi connectivity index (χ4v) is 7.80. The zero-order valence-electron chi connectivity index (χ0n) is 24.0. The molecule has 6 aromatic carbocycles. The number of benzene rings is 6. The molecular formula is C41H33N. The van der Waals surface area contributed by atoms with Crippen LogP contribution in [0, 0.1) is 0 Å². The topological polar surface area (TPSA) is 26.0 Å². The van der Waals surface area contributed by atoms with Gasteiger partial charge in [-0.15, -0.1) is 0 Å². The summed E-state index contributed by atoms with van der Waals surface area (Å²) in [4.78, 5) is 0. The summed E-state index contributed by atoms with van der Waals surface area (Å²) in [6.07, 6.45) is 0. The largest absolute Gasteiger partial charge is 0.320 e. The first-order valence-electron chi connectivity index (χ1n) is 14.9. The van der Waals surface area contributed by atoms with Crippen molar-refractivity contribution in [3.05, 3.63) is 190 Å². The van der Waals surface area contributed by atoms with Gasteiger partial charge in [-0.05, 0) is 78.9 Å². The molecule has 1 heteroatoms. The fraction of sp³-hybridized carbons (Fsp3) is 0.122. The molecule has 8 rings (SSSR count). The molecule has 202 valence electrons. The predicted octanol–water partition coefficient (Wildman–Crippen LogP) is 9.40. The Kier molecular flexibility index (Phi) is 5.45. The molecule has 0 saturated carbocycles. The van der Waals surface area contributed by atoms with E-state index in [4.69, 9.17) is 5.73 Å². The van der Waals surface area contributed by atoms with Crippen LogP contribution >= 0.6 is 0 Å². The van der Waals surface area contributed by atoms with Gasteiger partial charge in [-0.3, -0.25) is 0 Å². The highest BCUT2D eigenvalue weighted by Crippen LogP contribution is 2.62. The summed E-state index contributed by atoms with van der Waals surface area (Å²) in [5, 5.41) is 0. The Morgan fingerprint density at radius 1 is 0.429 bits per heavy atom. The molecule has 42 heavy (non-hydrogen) atoms. The van der Waals surface area contributed by atoms with Gasteiger partial charge in [0.2, 0.25) is 0 Å². The van der Waals surface area contributed by atoms with Crippen LogP contribution in [-0.2, 0) is 10.8 Å². The summed E-state index contributed by atoms with van der Waals surface area (Å²) in [6, 6.07) is 53.3. The maximum atomic E-state index is 6.75. The maximum Gasteiger partial charge on any atom is 0.0719 e. The first-order valence-corrected chi connectivity index (χ1v) is 14.9. The van der Waals surface area contributed by atoms with Gasteiger partial charge in [-0.25, -0.2) is 0 Å². The third-order valence-electron chi connectivity index (χ3n) is 9.79. The minimum absolute atomic E-state index is 0.102. The van der Waals surface area contributed by atoms with Crippen molar-refractivity contribution in [2.75, 3.05) is 0 Å². The molecule has 1 unspecified atom stereocenters. The summed E-state index contributed by atoms with van der Waals surface area (Å²) in [6.45, 7) is 4.74. The zero-order chi connectivity index (χ0) is 28.5. The predicted molar refractivity (Wildman–Crippen MR) is 174 cm³/mol. The second-order valence-corrected chi connectivity index (χ2v) is 12.3. The first kappa shape index (κ1) is 25.0. The Bertz CT molecular complexity index is 1930. The van der Waals surface area contributed by atoms with Crippen molar-refractivity contribution in [3.63, 3.8) is 0 Å². The molecule has 0 aliphatic heterocycles. The van der Waals surface area contributed by atoms with Gasteiger partial charge in [0.1, 0.15) is 0 Å². The third-order valence-corrected chi connectivity index (χ3v) is 9.79. The Balaban J connectivity index is 1.39. The lowest BCUT2D eigenvalue weighted by Crippen LogP contribution is -2.40. The number of rotatable bonds is 3. The van der Waals surface area contributed by atoms with E-state index >= 15 is 0 Å². The molecule has 2 N–H and O–H groups in total. The second kappa shape index (κ2) is 9.14. The molecule has 2 aliphatic rings. The third kappa shape index (κ3) is 3.35. The maximum absolute atomic E-state index is 6.75. The fourth-order valence-electron chi connectivity index (χ4n) is 7.80. The van der Waals surface area contributed by atoms with Gasteiger partial charge in [0.25, 0.3) is 0 Å². The average Bonchev–Trinajstić information content (AvgIpc) is 3.34. The molecular weight excluding hydrogens is 506 g/mol. The SMILES string of the molecule is CC1(C)c2ccccc2C2(c3ccccc3-c3ccc(-c4cccc(C(N)c5ccccc5)c4)cc32)c2ccccc21. The van der Waals surface area contributed by atoms with Gasteiger partial charge in [0, 0.05) is 5.41 Å². The van der Waals surface area contributed by atoms with Crippen molar-refractivity contribution in [1.29, 1.82) is 0 Å². The molecule has 0 fully saturated rings. The van der Waals surface area contributed by atoms with E-state index in [1.54, 1.807) is 0 Å². The Hall–Kier alpha value is -4.72. The van der Waals surface area contributed by atoms with Crippen LogP contribution in [0.1, 0.15) is 64.4 Å². The lowest BCUT2D eigenvalue weighted by atomic mass is 9.55. The number of fused-ring (bicyclic) bond motifs is 9. The highest BCUT2D eigenvalue weighted by Gasteiger charge is 2.53. The molecule has 1 nitrogen and oxygen atoms in total. The Morgan fingerprint density at radius 2 is 0.952 bits per heavy atom. The highest BCUT2D eigenvalue weighted by atomic mass is 14.6. The minimum Gasteiger partial charge on any atom is -0.320 e. The molecule has 0 saturated heterocycles. The minimum atomic E-state index is -0.386. The van der Waals surface area contributed by atoms with Crippen molar-refractivity contribution >= 4 is 0 Å². The average molecular weight is 540 g/mol. The van der Waals surface area contributed by atoms with Gasteiger partial charge >= 0.3 is 0 Å². The molecule has 0 amide bonds. The van der Waals surface area contributed by atoms with Crippen molar-refractivity contribution in [1.82, 2.24) is 0 Å². The molecule has 6 aromatic rings. The quantitative estimate of drug-likeness (QED) is 0.238. The number of hydrogen-bond donors (Lipinski definition) is 1. The van der Waals surface area contributed by atoms with Gasteiger partial charge in [-0.1, -0.05) is 147 Å². The smallest absolute Gasteiger partial charge is 0.0719 e. The summed E-state index contributed by atoms with van der Waals surface area (Å²) >= 11 is 0. The van der Waals surface area contributed by atoms with E-state index in [9.17, 15) is 0 Å². The van der Waals surface area contributed by atoms with E-state index in [0.29, 0.717) is 0 Å². The second-order valence-electron chi connectivity index (χ2n) is 12.3. The molecule has 0 radical (unpaired) electrons. The van der Waals surface area contributed by atoms with Crippen LogP contribution in [0.3, 0.4) is 0 Å². The van der Waals surface area contributed by atoms with E-state index in [2.05, 4.69) is 153 Å². The van der Waals surface area contributed by atoms with E-state index in [-0.39, 0.29) is 16.9 Å². The Morgan fingerprint density at radius 3 is 1.64 bits per heavy atom. The van der Waals surface area contributed by atoms with Crippen LogP contribution in [0.5, 0.6) is 0 Å². The molecule has 0 bridgehead atoms. The van der Waals surface area contributed by atoms with Gasteiger partial charge < -0.3 is 5.73 Å². The zero-order valence-corrected chi connectivity index (χ0v) is 24.0. The Labute approximate surface area is 248 Å². The van der Waals surface area contributed by atoms with E-state index in [0.717, 1.165) is 11.1 Å². The first-order chi connectivity index (χ1) is 20.5. The van der Waals surface area contributed by atoms with E-state index in [1.165, 1.54) is 55.6 Å². The molecule has 0 heterocycles. The van der Waals surface area contributed by atoms with Gasteiger partial charge in [-0.2, -0.15) is 0 Å². The molecule has 0 aromatic heterocycles. The lowest BCUT2D eigenvalue weighted by Gasteiger charge is -2.46. The summed E-state index contributed by atoms with van der Waals surface area (Å²) in [7, 11) is 0. The summed E-state index contributed by atoms with van der Waals surface area (Å²) in [5.41, 5.74) is 21.8. The van der Waals surface area contributed by atoms with Gasteiger partial charge in [0.15, 0.2) is 0 Å². The number of hydrogen-bond acceptors (Lipinski definition) is 1. The van der Waals surface area contributed by atoms with E-state index < -0.39 is 0 Å². The molecule has 1 atom stereocenters. The standard InChI is InChI=1S/C41H33N/c1-40(2)34-19-8-10-21-36(34)41(37-22-11-9-20-35(37)40)33-18-7-6-17-31(33)32-24-23-29(26-38(32)41)28-15-12-16-30(25-28)39(42)27-13-4-3-5-14-27/h3-26,39H,42H2,1-2H3. The van der Waals surface area contributed by atoms with E-state index in [1.807, 2.05) is 6.07 Å². The van der Waals surface area contributed by atoms with Crippen molar-refractivity contribution in [2.24, 2.45) is 5.73 Å². The van der Waals surface area contributed by atoms with Crippen LogP contribution in [0.15, 0.2) is 146 Å². The highest BCUT2D eigenvalue weighted by molar-refractivity contribution is 5.90.